The van der Waals surface area contributed by atoms with Crippen molar-refractivity contribution in [2.75, 3.05) is 65.6 Å². The monoisotopic (exact) mass is 453 g/mol. The zero-order valence-electron chi connectivity index (χ0n) is 15.4. The summed E-state index contributed by atoms with van der Waals surface area (Å²) in [5.41, 5.74) is 5.98. The quantitative estimate of drug-likeness (QED) is 0.250. The van der Waals surface area contributed by atoms with Gasteiger partial charge < -0.3 is 20.7 Å². The third kappa shape index (κ3) is 8.82. The molecule has 6 nitrogen and oxygen atoms in total. The van der Waals surface area contributed by atoms with Crippen LogP contribution in [0.3, 0.4) is 0 Å². The number of guanidine groups is 1. The van der Waals surface area contributed by atoms with Crippen LogP contribution < -0.4 is 11.1 Å². The van der Waals surface area contributed by atoms with Crippen LogP contribution in [-0.2, 0) is 4.74 Å². The highest BCUT2D eigenvalue weighted by Crippen LogP contribution is 2.17. The van der Waals surface area contributed by atoms with E-state index in [1.54, 1.807) is 0 Å². The van der Waals surface area contributed by atoms with Crippen molar-refractivity contribution in [2.24, 2.45) is 22.6 Å². The van der Waals surface area contributed by atoms with Gasteiger partial charge in [-0.25, -0.2) is 0 Å². The van der Waals surface area contributed by atoms with Gasteiger partial charge in [0.2, 0.25) is 0 Å². The van der Waals surface area contributed by atoms with Crippen LogP contribution >= 0.6 is 24.0 Å². The molecule has 1 unspecified atom stereocenters. The van der Waals surface area contributed by atoms with E-state index in [2.05, 4.69) is 34.0 Å². The molecule has 2 saturated heterocycles. The highest BCUT2D eigenvalue weighted by Gasteiger charge is 2.22. The number of nitrogens with one attached hydrogen (secondary N) is 1. The molecule has 3 N–H and O–H groups in total. The second-order valence-electron chi connectivity index (χ2n) is 7.27. The van der Waals surface area contributed by atoms with E-state index in [0.717, 1.165) is 58.3 Å². The fourth-order valence-corrected chi connectivity index (χ4v) is 3.37. The zero-order chi connectivity index (χ0) is 16.5. The largest absolute Gasteiger partial charge is 0.379 e. The van der Waals surface area contributed by atoms with Gasteiger partial charge in [-0.15, -0.1) is 24.0 Å². The fraction of sp³-hybridized carbons (Fsp3) is 0.941. The van der Waals surface area contributed by atoms with Crippen molar-refractivity contribution >= 4 is 29.9 Å². The Morgan fingerprint density at radius 1 is 1.25 bits per heavy atom. The number of aliphatic imine (C=N–C) groups is 1. The third-order valence-corrected chi connectivity index (χ3v) is 4.57. The first-order chi connectivity index (χ1) is 11.1. The molecule has 2 aliphatic heterocycles. The second-order valence-corrected chi connectivity index (χ2v) is 7.27. The molecule has 24 heavy (non-hydrogen) atoms. The minimum atomic E-state index is 0. The molecule has 142 valence electrons. The number of hydrogen-bond acceptors (Lipinski definition) is 4. The van der Waals surface area contributed by atoms with Gasteiger partial charge in [0.15, 0.2) is 5.96 Å². The van der Waals surface area contributed by atoms with Gasteiger partial charge in [0.1, 0.15) is 0 Å². The van der Waals surface area contributed by atoms with Crippen molar-refractivity contribution in [1.82, 2.24) is 15.1 Å². The van der Waals surface area contributed by atoms with E-state index in [4.69, 9.17) is 10.5 Å². The summed E-state index contributed by atoms with van der Waals surface area (Å²) in [4.78, 5) is 9.52. The summed E-state index contributed by atoms with van der Waals surface area (Å²) in [7, 11) is 0. The molecule has 7 heteroatoms. The van der Waals surface area contributed by atoms with E-state index in [1.807, 2.05) is 0 Å². The molecule has 0 saturated carbocycles. The van der Waals surface area contributed by atoms with Crippen molar-refractivity contribution in [3.05, 3.63) is 0 Å². The summed E-state index contributed by atoms with van der Waals surface area (Å²) >= 11 is 0. The average molecular weight is 453 g/mol. The standard InChI is InChI=1S/C17H35N5O.HI/c1-15(2)13-22-7-4-16(14-22)12-20-17(18)19-5-3-6-21-8-10-23-11-9-21;/h15-16H,3-14H2,1-2H3,(H3,18,19,20);1H. The summed E-state index contributed by atoms with van der Waals surface area (Å²) in [6, 6.07) is 0. The number of likely N-dealkylation sites (tertiary alicyclic amines) is 1. The second kappa shape index (κ2) is 12.3. The van der Waals surface area contributed by atoms with Crippen LogP contribution in [-0.4, -0.2) is 81.3 Å². The highest BCUT2D eigenvalue weighted by molar-refractivity contribution is 14.0. The minimum absolute atomic E-state index is 0. The Bertz CT molecular complexity index is 361. The first kappa shape index (κ1) is 21.9. The molecule has 0 aromatic rings. The average Bonchev–Trinajstić information content (AvgIpc) is 2.97. The van der Waals surface area contributed by atoms with Crippen molar-refractivity contribution < 1.29 is 4.74 Å². The van der Waals surface area contributed by atoms with E-state index >= 15 is 0 Å². The first-order valence-corrected chi connectivity index (χ1v) is 9.19. The van der Waals surface area contributed by atoms with Gasteiger partial charge in [0, 0.05) is 39.3 Å². The van der Waals surface area contributed by atoms with Gasteiger partial charge in [0.05, 0.1) is 13.2 Å². The maximum absolute atomic E-state index is 5.98. The molecular weight excluding hydrogens is 417 g/mol. The van der Waals surface area contributed by atoms with Crippen LogP contribution in [0, 0.1) is 11.8 Å². The van der Waals surface area contributed by atoms with Gasteiger partial charge in [-0.1, -0.05) is 13.8 Å². The molecule has 2 rings (SSSR count). The SMILES string of the molecule is CC(C)CN1CCC(CN=C(N)NCCCN2CCOCC2)C1.I. The van der Waals surface area contributed by atoms with E-state index in [-0.39, 0.29) is 24.0 Å². The lowest BCUT2D eigenvalue weighted by Crippen LogP contribution is -2.39. The molecular formula is C17H36IN5O. The van der Waals surface area contributed by atoms with Gasteiger partial charge in [-0.05, 0) is 37.8 Å². The smallest absolute Gasteiger partial charge is 0.188 e. The molecule has 1 atom stereocenters. The molecule has 0 aliphatic carbocycles. The Hall–Kier alpha value is -0.120. The van der Waals surface area contributed by atoms with Gasteiger partial charge in [-0.3, -0.25) is 9.89 Å². The Kier molecular flexibility index (Phi) is 11.2. The number of nitrogens with two attached hydrogens (primary N) is 1. The number of morpholine rings is 1. The number of rotatable bonds is 8. The number of halogens is 1. The fourth-order valence-electron chi connectivity index (χ4n) is 3.37. The molecule has 0 aromatic carbocycles. The van der Waals surface area contributed by atoms with E-state index in [1.165, 1.54) is 26.1 Å². The lowest BCUT2D eigenvalue weighted by molar-refractivity contribution is 0.0376. The van der Waals surface area contributed by atoms with E-state index < -0.39 is 0 Å². The molecule has 2 fully saturated rings. The molecule has 0 spiro atoms. The molecule has 0 bridgehead atoms. The predicted octanol–water partition coefficient (Wildman–Crippen LogP) is 1.21. The van der Waals surface area contributed by atoms with Gasteiger partial charge in [-0.2, -0.15) is 0 Å². The van der Waals surface area contributed by atoms with Crippen molar-refractivity contribution in [2.45, 2.75) is 26.7 Å². The van der Waals surface area contributed by atoms with Crippen molar-refractivity contribution in [3.8, 4) is 0 Å². The lowest BCUT2D eigenvalue weighted by Gasteiger charge is -2.26. The molecule has 2 heterocycles. The topological polar surface area (TPSA) is 66.1 Å². The van der Waals surface area contributed by atoms with Crippen LogP contribution in [0.25, 0.3) is 0 Å². The Morgan fingerprint density at radius 2 is 2.00 bits per heavy atom. The zero-order valence-corrected chi connectivity index (χ0v) is 17.7. The van der Waals surface area contributed by atoms with Crippen molar-refractivity contribution in [1.29, 1.82) is 0 Å². The number of nitrogens with zero attached hydrogens (tertiary/aromatic N) is 3. The molecule has 0 amide bonds. The number of hydrogen-bond donors (Lipinski definition) is 2. The Morgan fingerprint density at radius 3 is 2.71 bits per heavy atom. The maximum Gasteiger partial charge on any atom is 0.188 e. The van der Waals surface area contributed by atoms with Crippen LogP contribution in [0.1, 0.15) is 26.7 Å². The normalized spacial score (nSPS) is 23.5. The predicted molar refractivity (Wildman–Crippen MR) is 111 cm³/mol. The highest BCUT2D eigenvalue weighted by atomic mass is 127. The first-order valence-electron chi connectivity index (χ1n) is 9.19. The van der Waals surface area contributed by atoms with Crippen molar-refractivity contribution in [3.63, 3.8) is 0 Å². The van der Waals surface area contributed by atoms with Crippen LogP contribution in [0.2, 0.25) is 0 Å². The van der Waals surface area contributed by atoms with E-state index in [0.29, 0.717) is 11.9 Å². The molecule has 0 radical (unpaired) electrons. The van der Waals surface area contributed by atoms with Crippen LogP contribution in [0.15, 0.2) is 4.99 Å². The minimum Gasteiger partial charge on any atom is -0.379 e. The molecule has 2 aliphatic rings. The van der Waals surface area contributed by atoms with Gasteiger partial charge >= 0.3 is 0 Å². The van der Waals surface area contributed by atoms with Gasteiger partial charge in [0.25, 0.3) is 0 Å². The summed E-state index contributed by atoms with van der Waals surface area (Å²) in [5.74, 6) is 2.02. The summed E-state index contributed by atoms with van der Waals surface area (Å²) in [6.07, 6.45) is 2.35. The van der Waals surface area contributed by atoms with E-state index in [9.17, 15) is 0 Å². The summed E-state index contributed by atoms with van der Waals surface area (Å²) in [6.45, 7) is 14.9. The van der Waals surface area contributed by atoms with Crippen LogP contribution in [0.4, 0.5) is 0 Å². The molecule has 0 aromatic heterocycles. The summed E-state index contributed by atoms with van der Waals surface area (Å²) < 4.78 is 5.35. The third-order valence-electron chi connectivity index (χ3n) is 4.57. The maximum atomic E-state index is 5.98. The van der Waals surface area contributed by atoms with Crippen LogP contribution in [0.5, 0.6) is 0 Å². The Labute approximate surface area is 164 Å². The lowest BCUT2D eigenvalue weighted by atomic mass is 10.1. The summed E-state index contributed by atoms with van der Waals surface area (Å²) in [5, 5.41) is 3.25. The Balaban J connectivity index is 0.00000288. The number of ether oxygens (including phenoxy) is 1.